The maximum Gasteiger partial charge on any atom is 0.294 e. The van der Waals surface area contributed by atoms with Crippen LogP contribution in [0.5, 0.6) is 6.01 Å². The fraction of sp³-hybridized carbons (Fsp3) is 0.259. The molecule has 202 valence electrons. The highest BCUT2D eigenvalue weighted by Gasteiger charge is 2.31. The molecule has 0 radical (unpaired) electrons. The maximum atomic E-state index is 9.40. The summed E-state index contributed by atoms with van der Waals surface area (Å²) >= 11 is 8.97. The van der Waals surface area contributed by atoms with Gasteiger partial charge in [0.1, 0.15) is 6.10 Å². The Morgan fingerprint density at radius 1 is 1.10 bits per heavy atom. The van der Waals surface area contributed by atoms with Crippen LogP contribution in [0, 0.1) is 0 Å². The molecule has 6 rings (SSSR count). The van der Waals surface area contributed by atoms with Crippen molar-refractivity contribution in [2.75, 3.05) is 18.2 Å². The number of anilines is 1. The van der Waals surface area contributed by atoms with Crippen molar-refractivity contribution < 1.29 is 14.6 Å². The zero-order valence-corrected chi connectivity index (χ0v) is 23.6. The van der Waals surface area contributed by atoms with Gasteiger partial charge < -0.3 is 25.3 Å². The Kier molecular flexibility index (Phi) is 7.25. The van der Waals surface area contributed by atoms with Crippen LogP contribution < -0.4 is 26.6 Å². The van der Waals surface area contributed by atoms with E-state index in [0.717, 1.165) is 45.4 Å². The minimum absolute atomic E-state index is 0.0108. The fourth-order valence-corrected chi connectivity index (χ4v) is 6.07. The second-order valence-electron chi connectivity index (χ2n) is 9.47. The number of aliphatic imine (C=N–C) groups is 1. The predicted octanol–water partition coefficient (Wildman–Crippen LogP) is 3.76. The molecule has 0 aliphatic carbocycles. The zero-order valence-electron chi connectivity index (χ0n) is 20.7. The monoisotopic (exact) mass is 659 g/mol. The summed E-state index contributed by atoms with van der Waals surface area (Å²) in [5, 5.41) is 11.7. The molecule has 0 saturated carbocycles. The number of hydrazine groups is 1. The summed E-state index contributed by atoms with van der Waals surface area (Å²) in [6.07, 6.45) is -0.0787. The normalized spacial score (nSPS) is 23.1. The summed E-state index contributed by atoms with van der Waals surface area (Å²) < 4.78 is 11.9. The van der Waals surface area contributed by atoms with Crippen molar-refractivity contribution >= 4 is 56.9 Å². The van der Waals surface area contributed by atoms with Crippen molar-refractivity contribution in [1.82, 2.24) is 15.4 Å². The molecular weight excluding hydrogens is 633 g/mol. The first kappa shape index (κ1) is 26.1. The van der Waals surface area contributed by atoms with Crippen LogP contribution in [0.25, 0.3) is 33.3 Å². The first-order valence-corrected chi connectivity index (χ1v) is 14.1. The Labute approximate surface area is 243 Å². The number of nitrogens with two attached hydrogens (primary N) is 2. The van der Waals surface area contributed by atoms with Gasteiger partial charge in [0.05, 0.1) is 41.1 Å². The van der Waals surface area contributed by atoms with E-state index in [-0.39, 0.29) is 22.7 Å². The van der Waals surface area contributed by atoms with E-state index >= 15 is 0 Å². The number of hydrogen-bond acceptors (Lipinski definition) is 9. The van der Waals surface area contributed by atoms with Gasteiger partial charge in [0.2, 0.25) is 5.96 Å². The Morgan fingerprint density at radius 2 is 1.79 bits per heavy atom. The van der Waals surface area contributed by atoms with Crippen LogP contribution in [0.1, 0.15) is 6.42 Å². The van der Waals surface area contributed by atoms with Gasteiger partial charge in [-0.15, -0.1) is 0 Å². The van der Waals surface area contributed by atoms with Crippen LogP contribution in [-0.4, -0.2) is 56.7 Å². The number of fused-ring (bicyclic) bond motifs is 1. The molecule has 1 fully saturated rings. The molecule has 3 heterocycles. The number of imidazole rings is 1. The summed E-state index contributed by atoms with van der Waals surface area (Å²) in [4.78, 5) is 11.9. The van der Waals surface area contributed by atoms with Gasteiger partial charge in [-0.2, -0.15) is 4.98 Å². The molecular formula is C27H27ClIN7O3. The lowest BCUT2D eigenvalue weighted by Gasteiger charge is -2.31. The summed E-state index contributed by atoms with van der Waals surface area (Å²) in [5.41, 5.74) is 21.1. The smallest absolute Gasteiger partial charge is 0.294 e. The number of benzene rings is 3. The van der Waals surface area contributed by atoms with Gasteiger partial charge >= 0.3 is 0 Å². The van der Waals surface area contributed by atoms with E-state index in [1.165, 1.54) is 0 Å². The largest absolute Gasteiger partial charge is 0.459 e. The van der Waals surface area contributed by atoms with Gasteiger partial charge in [-0.25, -0.2) is 10.0 Å². The zero-order chi connectivity index (χ0) is 27.1. The number of alkyl halides is 1. The Hall–Kier alpha value is -3.10. The van der Waals surface area contributed by atoms with Gasteiger partial charge in [-0.05, 0) is 41.0 Å². The van der Waals surface area contributed by atoms with Gasteiger partial charge in [0.15, 0.2) is 6.29 Å². The van der Waals surface area contributed by atoms with Crippen molar-refractivity contribution in [2.45, 2.75) is 28.8 Å². The van der Waals surface area contributed by atoms with E-state index in [4.69, 9.17) is 32.5 Å². The number of halogens is 2. The number of nitrogens with one attached hydrogen (secondary N) is 2. The summed E-state index contributed by atoms with van der Waals surface area (Å²) in [5.74, 6) is 0.294. The number of H-pyrrole nitrogens is 1. The average Bonchev–Trinajstić information content (AvgIpc) is 3.49. The number of aliphatic hydroxyl groups excluding tert-OH is 1. The molecule has 10 nitrogen and oxygen atoms in total. The summed E-state index contributed by atoms with van der Waals surface area (Å²) in [6, 6.07) is 20.5. The number of aromatic nitrogens is 2. The lowest BCUT2D eigenvalue weighted by molar-refractivity contribution is -0.0599. The summed E-state index contributed by atoms with van der Waals surface area (Å²) in [7, 11) is 0. The number of nitrogens with zero attached hydrogens (tertiary/aromatic N) is 3. The standard InChI is InChI=1S/C27H27ClIN7O3/c28-20-11-23-22(32-27(33-23)39-18-9-21(29)24(12-37)38-13-18)10-19(20)16-3-1-14(2-4-16)15-5-7-17(8-6-15)36-26(31)34-25(30)35-36/h1-8,10-11,18,21,24,26,37H,9,12-13,31H2,(H,32,33)(H3,30,34,35)/t18-,21+,24-,26?/m1/s1. The molecule has 0 amide bonds. The van der Waals surface area contributed by atoms with Crippen LogP contribution >= 0.6 is 34.2 Å². The van der Waals surface area contributed by atoms with Crippen molar-refractivity contribution in [2.24, 2.45) is 16.5 Å². The average molecular weight is 660 g/mol. The van der Waals surface area contributed by atoms with Crippen molar-refractivity contribution in [3.8, 4) is 28.3 Å². The highest BCUT2D eigenvalue weighted by molar-refractivity contribution is 14.1. The number of aliphatic hydroxyl groups is 1. The highest BCUT2D eigenvalue weighted by Crippen LogP contribution is 2.34. The van der Waals surface area contributed by atoms with E-state index in [0.29, 0.717) is 23.6 Å². The first-order valence-electron chi connectivity index (χ1n) is 12.5. The minimum Gasteiger partial charge on any atom is -0.459 e. The molecule has 1 saturated heterocycles. The highest BCUT2D eigenvalue weighted by atomic mass is 127. The van der Waals surface area contributed by atoms with Gasteiger partial charge in [0, 0.05) is 15.9 Å². The summed E-state index contributed by atoms with van der Waals surface area (Å²) in [6.45, 7) is 0.422. The molecule has 0 bridgehead atoms. The van der Waals surface area contributed by atoms with Gasteiger partial charge in [-0.3, -0.25) is 11.2 Å². The topological polar surface area (TPSA) is 147 Å². The quantitative estimate of drug-likeness (QED) is 0.155. The molecule has 0 spiro atoms. The van der Waals surface area contributed by atoms with Crippen LogP contribution in [0.2, 0.25) is 5.02 Å². The van der Waals surface area contributed by atoms with Crippen molar-refractivity contribution in [1.29, 1.82) is 0 Å². The maximum absolute atomic E-state index is 9.40. The minimum atomic E-state index is -0.557. The molecule has 2 aliphatic rings. The van der Waals surface area contributed by atoms with Crippen LogP contribution in [0.15, 0.2) is 65.7 Å². The van der Waals surface area contributed by atoms with Crippen molar-refractivity contribution in [3.05, 3.63) is 65.7 Å². The number of ether oxygens (including phenoxy) is 2. The van der Waals surface area contributed by atoms with Gasteiger partial charge in [-0.1, -0.05) is 70.6 Å². The van der Waals surface area contributed by atoms with Crippen LogP contribution in [-0.2, 0) is 4.74 Å². The van der Waals surface area contributed by atoms with Crippen molar-refractivity contribution in [3.63, 3.8) is 0 Å². The first-order chi connectivity index (χ1) is 18.9. The molecule has 4 aromatic rings. The third-order valence-corrected chi connectivity index (χ3v) is 8.46. The number of hydrogen-bond donors (Lipinski definition) is 5. The van der Waals surface area contributed by atoms with E-state index in [9.17, 15) is 5.11 Å². The molecule has 2 aliphatic heterocycles. The molecule has 39 heavy (non-hydrogen) atoms. The van der Waals surface area contributed by atoms with E-state index in [1.54, 1.807) is 5.01 Å². The lowest BCUT2D eigenvalue weighted by Crippen LogP contribution is -2.46. The number of aromatic amines is 1. The molecule has 12 heteroatoms. The van der Waals surface area contributed by atoms with E-state index in [2.05, 4.69) is 55.1 Å². The second-order valence-corrected chi connectivity index (χ2v) is 11.5. The Bertz CT molecular complexity index is 1510. The third-order valence-electron chi connectivity index (χ3n) is 6.84. The molecule has 1 aromatic heterocycles. The molecule has 3 aromatic carbocycles. The fourth-order valence-electron chi connectivity index (χ4n) is 4.79. The van der Waals surface area contributed by atoms with E-state index in [1.807, 2.05) is 48.5 Å². The van der Waals surface area contributed by atoms with Crippen LogP contribution in [0.4, 0.5) is 5.69 Å². The second kappa shape index (κ2) is 10.8. The third kappa shape index (κ3) is 5.37. The van der Waals surface area contributed by atoms with E-state index < -0.39 is 6.29 Å². The SMILES string of the molecule is NC1=NC(N)N(c2ccc(-c3ccc(-c4cc5nc(O[C@H]6CO[C@H](CO)[C@@H](I)C6)[nH]c5cc4Cl)cc3)cc2)N1. The van der Waals surface area contributed by atoms with Gasteiger partial charge in [0.25, 0.3) is 6.01 Å². The number of guanidine groups is 1. The lowest BCUT2D eigenvalue weighted by atomic mass is 10.00. The molecule has 7 N–H and O–H groups in total. The molecule has 4 atom stereocenters. The number of rotatable bonds is 6. The Morgan fingerprint density at radius 3 is 2.44 bits per heavy atom. The predicted molar refractivity (Wildman–Crippen MR) is 161 cm³/mol. The van der Waals surface area contributed by atoms with Crippen LogP contribution in [0.3, 0.4) is 0 Å². The Balaban J connectivity index is 1.17. The molecule has 1 unspecified atom stereocenters.